The number of halogens is 1. The standard InChI is InChI=1S/C17H20ClN3/c1-3-10-19-16-11(2)15(12-6-8-14(18)9-7-12)20-17(21-16)13-4-5-13/h6-9,13H,3-5,10H2,1-2H3,(H,19,20,21). The van der Waals surface area contributed by atoms with Gasteiger partial charge in [0.2, 0.25) is 0 Å². The summed E-state index contributed by atoms with van der Waals surface area (Å²) >= 11 is 5.99. The van der Waals surface area contributed by atoms with Crippen LogP contribution >= 0.6 is 11.6 Å². The molecule has 3 nitrogen and oxygen atoms in total. The summed E-state index contributed by atoms with van der Waals surface area (Å²) in [6, 6.07) is 7.87. The van der Waals surface area contributed by atoms with E-state index in [1.165, 1.54) is 12.8 Å². The molecule has 1 N–H and O–H groups in total. The first-order valence-electron chi connectivity index (χ1n) is 7.57. The second-order valence-corrected chi connectivity index (χ2v) is 6.05. The van der Waals surface area contributed by atoms with Gasteiger partial charge in [0.25, 0.3) is 0 Å². The van der Waals surface area contributed by atoms with Gasteiger partial charge in [-0.15, -0.1) is 0 Å². The second-order valence-electron chi connectivity index (χ2n) is 5.61. The van der Waals surface area contributed by atoms with E-state index >= 15 is 0 Å². The first-order valence-corrected chi connectivity index (χ1v) is 7.95. The fourth-order valence-corrected chi connectivity index (χ4v) is 2.49. The molecule has 4 heteroatoms. The van der Waals surface area contributed by atoms with Crippen LogP contribution in [0.5, 0.6) is 0 Å². The van der Waals surface area contributed by atoms with Crippen molar-refractivity contribution >= 4 is 17.4 Å². The summed E-state index contributed by atoms with van der Waals surface area (Å²) in [4.78, 5) is 9.54. The van der Waals surface area contributed by atoms with Gasteiger partial charge in [0.05, 0.1) is 5.69 Å². The molecule has 0 saturated heterocycles. The van der Waals surface area contributed by atoms with Gasteiger partial charge in [-0.25, -0.2) is 9.97 Å². The van der Waals surface area contributed by atoms with E-state index in [1.54, 1.807) is 0 Å². The second kappa shape index (κ2) is 6.02. The highest BCUT2D eigenvalue weighted by molar-refractivity contribution is 6.30. The molecule has 1 aromatic heterocycles. The fraction of sp³-hybridized carbons (Fsp3) is 0.412. The Hall–Kier alpha value is -1.61. The topological polar surface area (TPSA) is 37.8 Å². The van der Waals surface area contributed by atoms with E-state index in [-0.39, 0.29) is 0 Å². The average Bonchev–Trinajstić information content (AvgIpc) is 3.32. The number of hydrogen-bond acceptors (Lipinski definition) is 3. The minimum absolute atomic E-state index is 0.541. The number of anilines is 1. The molecule has 1 heterocycles. The normalized spacial score (nSPS) is 14.2. The van der Waals surface area contributed by atoms with E-state index < -0.39 is 0 Å². The van der Waals surface area contributed by atoms with Crippen LogP contribution < -0.4 is 5.32 Å². The van der Waals surface area contributed by atoms with Crippen LogP contribution in [-0.2, 0) is 0 Å². The van der Waals surface area contributed by atoms with Crippen LogP contribution in [0.3, 0.4) is 0 Å². The summed E-state index contributed by atoms with van der Waals surface area (Å²) in [7, 11) is 0. The van der Waals surface area contributed by atoms with Crippen LogP contribution in [0.15, 0.2) is 24.3 Å². The summed E-state index contributed by atoms with van der Waals surface area (Å²) in [6.07, 6.45) is 3.49. The van der Waals surface area contributed by atoms with Gasteiger partial charge in [0, 0.05) is 28.6 Å². The molecule has 3 rings (SSSR count). The Labute approximate surface area is 130 Å². The van der Waals surface area contributed by atoms with Gasteiger partial charge < -0.3 is 5.32 Å². The molecule has 1 aliphatic carbocycles. The molecule has 0 amide bonds. The Bertz CT molecular complexity index is 633. The number of rotatable bonds is 5. The van der Waals surface area contributed by atoms with Gasteiger partial charge in [0.15, 0.2) is 0 Å². The van der Waals surface area contributed by atoms with Gasteiger partial charge in [0.1, 0.15) is 11.6 Å². The van der Waals surface area contributed by atoms with Crippen molar-refractivity contribution < 1.29 is 0 Å². The largest absolute Gasteiger partial charge is 0.370 e. The number of aromatic nitrogens is 2. The van der Waals surface area contributed by atoms with Gasteiger partial charge in [-0.1, -0.05) is 30.7 Å². The van der Waals surface area contributed by atoms with Crippen molar-refractivity contribution in [3.05, 3.63) is 40.7 Å². The Balaban J connectivity index is 2.04. The highest BCUT2D eigenvalue weighted by Gasteiger charge is 2.28. The lowest BCUT2D eigenvalue weighted by Gasteiger charge is -2.14. The van der Waals surface area contributed by atoms with Crippen molar-refractivity contribution in [2.45, 2.75) is 39.0 Å². The van der Waals surface area contributed by atoms with Crippen molar-refractivity contribution in [1.82, 2.24) is 9.97 Å². The van der Waals surface area contributed by atoms with Crippen molar-refractivity contribution in [1.29, 1.82) is 0 Å². The minimum Gasteiger partial charge on any atom is -0.370 e. The molecule has 0 aliphatic heterocycles. The molecule has 110 valence electrons. The van der Waals surface area contributed by atoms with E-state index in [0.29, 0.717) is 5.92 Å². The zero-order valence-corrected chi connectivity index (χ0v) is 13.2. The number of nitrogens with zero attached hydrogens (tertiary/aromatic N) is 2. The predicted octanol–water partition coefficient (Wildman–Crippen LogP) is 4.80. The summed E-state index contributed by atoms with van der Waals surface area (Å²) < 4.78 is 0. The molecule has 0 unspecified atom stereocenters. The number of hydrogen-bond donors (Lipinski definition) is 1. The third-order valence-electron chi connectivity index (χ3n) is 3.77. The van der Waals surface area contributed by atoms with Crippen LogP contribution in [0.25, 0.3) is 11.3 Å². The summed E-state index contributed by atoms with van der Waals surface area (Å²) in [6.45, 7) is 5.17. The molecule has 1 fully saturated rings. The van der Waals surface area contributed by atoms with Crippen molar-refractivity contribution in [2.24, 2.45) is 0 Å². The van der Waals surface area contributed by atoms with Crippen LogP contribution in [-0.4, -0.2) is 16.5 Å². The fourth-order valence-electron chi connectivity index (χ4n) is 2.36. The van der Waals surface area contributed by atoms with E-state index in [9.17, 15) is 0 Å². The van der Waals surface area contributed by atoms with Gasteiger partial charge >= 0.3 is 0 Å². The Morgan fingerprint density at radius 2 is 1.90 bits per heavy atom. The third kappa shape index (κ3) is 3.18. The van der Waals surface area contributed by atoms with Gasteiger partial charge in [-0.3, -0.25) is 0 Å². The third-order valence-corrected chi connectivity index (χ3v) is 4.02. The molecule has 0 atom stereocenters. The first-order chi connectivity index (χ1) is 10.2. The lowest BCUT2D eigenvalue weighted by atomic mass is 10.1. The lowest BCUT2D eigenvalue weighted by Crippen LogP contribution is -2.08. The zero-order chi connectivity index (χ0) is 14.8. The van der Waals surface area contributed by atoms with Crippen LogP contribution in [0.4, 0.5) is 5.82 Å². The molecule has 1 aliphatic rings. The zero-order valence-electron chi connectivity index (χ0n) is 12.5. The summed E-state index contributed by atoms with van der Waals surface area (Å²) in [5.41, 5.74) is 3.22. The Kier molecular flexibility index (Phi) is 4.11. The molecule has 1 aromatic carbocycles. The highest BCUT2D eigenvalue weighted by Crippen LogP contribution is 2.40. The molecular weight excluding hydrogens is 282 g/mol. The minimum atomic E-state index is 0.541. The van der Waals surface area contributed by atoms with Crippen molar-refractivity contribution in [2.75, 3.05) is 11.9 Å². The van der Waals surface area contributed by atoms with E-state index in [4.69, 9.17) is 21.6 Å². The molecule has 2 aromatic rings. The van der Waals surface area contributed by atoms with E-state index in [0.717, 1.165) is 46.5 Å². The number of benzene rings is 1. The molecule has 0 spiro atoms. The quantitative estimate of drug-likeness (QED) is 0.861. The smallest absolute Gasteiger partial charge is 0.134 e. The van der Waals surface area contributed by atoms with Crippen LogP contribution in [0.1, 0.15) is 43.5 Å². The lowest BCUT2D eigenvalue weighted by molar-refractivity contribution is 0.902. The summed E-state index contributed by atoms with van der Waals surface area (Å²) in [5, 5.41) is 4.18. The molecule has 0 bridgehead atoms. The predicted molar refractivity (Wildman–Crippen MR) is 88.0 cm³/mol. The van der Waals surface area contributed by atoms with Gasteiger partial charge in [-0.05, 0) is 38.3 Å². The summed E-state index contributed by atoms with van der Waals surface area (Å²) in [5.74, 6) is 2.49. The maximum absolute atomic E-state index is 5.99. The SMILES string of the molecule is CCCNc1nc(C2CC2)nc(-c2ccc(Cl)cc2)c1C. The molecule has 21 heavy (non-hydrogen) atoms. The van der Waals surface area contributed by atoms with Crippen molar-refractivity contribution in [3.63, 3.8) is 0 Å². The molecular formula is C17H20ClN3. The molecule has 1 saturated carbocycles. The monoisotopic (exact) mass is 301 g/mol. The average molecular weight is 302 g/mol. The molecule has 0 radical (unpaired) electrons. The maximum atomic E-state index is 5.99. The first kappa shape index (κ1) is 14.3. The number of nitrogens with one attached hydrogen (secondary N) is 1. The van der Waals surface area contributed by atoms with Crippen LogP contribution in [0, 0.1) is 6.92 Å². The van der Waals surface area contributed by atoms with E-state index in [1.807, 2.05) is 24.3 Å². The van der Waals surface area contributed by atoms with Crippen LogP contribution in [0.2, 0.25) is 5.02 Å². The van der Waals surface area contributed by atoms with E-state index in [2.05, 4.69) is 19.2 Å². The maximum Gasteiger partial charge on any atom is 0.134 e. The Morgan fingerprint density at radius 3 is 2.52 bits per heavy atom. The van der Waals surface area contributed by atoms with Gasteiger partial charge in [-0.2, -0.15) is 0 Å². The van der Waals surface area contributed by atoms with Crippen molar-refractivity contribution in [3.8, 4) is 11.3 Å². The highest BCUT2D eigenvalue weighted by atomic mass is 35.5. The Morgan fingerprint density at radius 1 is 1.19 bits per heavy atom.